The molecule has 6 heteroatoms. The Balaban J connectivity index is 2.09. The Bertz CT molecular complexity index is 521. The van der Waals surface area contributed by atoms with Gasteiger partial charge in [0.25, 0.3) is 0 Å². The Hall–Kier alpha value is -1.82. The summed E-state index contributed by atoms with van der Waals surface area (Å²) in [4.78, 5) is 4.05. The molecule has 1 aromatic carbocycles. The van der Waals surface area contributed by atoms with E-state index >= 15 is 0 Å². The van der Waals surface area contributed by atoms with E-state index < -0.39 is 0 Å². The SMILES string of the molecule is Cc1cc(C(=N)N)ccc1CSc1ncn[nH]1. The van der Waals surface area contributed by atoms with Crippen LogP contribution in [0.4, 0.5) is 0 Å². The number of hydrogen-bond donors (Lipinski definition) is 3. The van der Waals surface area contributed by atoms with Crippen LogP contribution >= 0.6 is 11.8 Å². The highest BCUT2D eigenvalue weighted by Gasteiger charge is 2.04. The third-order valence-electron chi connectivity index (χ3n) is 2.41. The van der Waals surface area contributed by atoms with Crippen molar-refractivity contribution in [2.45, 2.75) is 17.8 Å². The zero-order chi connectivity index (χ0) is 12.3. The molecule has 0 atom stereocenters. The van der Waals surface area contributed by atoms with Crippen LogP contribution in [-0.2, 0) is 5.75 Å². The van der Waals surface area contributed by atoms with Crippen molar-refractivity contribution in [1.29, 1.82) is 5.41 Å². The monoisotopic (exact) mass is 247 g/mol. The summed E-state index contributed by atoms with van der Waals surface area (Å²) in [6.45, 7) is 2.02. The second kappa shape index (κ2) is 5.01. The van der Waals surface area contributed by atoms with Gasteiger partial charge in [0.1, 0.15) is 12.2 Å². The van der Waals surface area contributed by atoms with Crippen molar-refractivity contribution in [3.05, 3.63) is 41.2 Å². The standard InChI is InChI=1S/C11H13N5S/c1-7-4-8(10(12)13)2-3-9(7)5-17-11-14-6-15-16-11/h2-4,6H,5H2,1H3,(H3,12,13)(H,14,15,16). The number of hydrogen-bond acceptors (Lipinski definition) is 4. The van der Waals surface area contributed by atoms with Gasteiger partial charge in [-0.15, -0.1) is 0 Å². The predicted molar refractivity (Wildman–Crippen MR) is 68.1 cm³/mol. The van der Waals surface area contributed by atoms with Crippen LogP contribution < -0.4 is 5.73 Å². The van der Waals surface area contributed by atoms with E-state index in [0.717, 1.165) is 22.0 Å². The fourth-order valence-corrected chi connectivity index (χ4v) is 2.29. The van der Waals surface area contributed by atoms with Gasteiger partial charge in [0.05, 0.1) is 0 Å². The molecule has 0 aliphatic rings. The fourth-order valence-electron chi connectivity index (χ4n) is 1.44. The van der Waals surface area contributed by atoms with Gasteiger partial charge in [-0.05, 0) is 24.1 Å². The zero-order valence-corrected chi connectivity index (χ0v) is 10.2. The van der Waals surface area contributed by atoms with Gasteiger partial charge in [-0.3, -0.25) is 10.5 Å². The molecular formula is C11H13N5S. The maximum Gasteiger partial charge on any atom is 0.183 e. The van der Waals surface area contributed by atoms with Crippen LogP contribution in [0.5, 0.6) is 0 Å². The summed E-state index contributed by atoms with van der Waals surface area (Å²) in [6, 6.07) is 5.79. The Labute approximate surface area is 103 Å². The van der Waals surface area contributed by atoms with E-state index in [4.69, 9.17) is 11.1 Å². The van der Waals surface area contributed by atoms with E-state index in [1.165, 1.54) is 11.9 Å². The van der Waals surface area contributed by atoms with E-state index in [9.17, 15) is 0 Å². The first-order valence-electron chi connectivity index (χ1n) is 5.09. The Morgan fingerprint density at radius 3 is 2.94 bits per heavy atom. The van der Waals surface area contributed by atoms with Gasteiger partial charge in [-0.25, -0.2) is 4.98 Å². The van der Waals surface area contributed by atoms with Crippen molar-refractivity contribution >= 4 is 17.6 Å². The molecule has 0 aliphatic carbocycles. The van der Waals surface area contributed by atoms with Gasteiger partial charge in [-0.1, -0.05) is 23.9 Å². The Kier molecular flexibility index (Phi) is 3.43. The van der Waals surface area contributed by atoms with Crippen LogP contribution in [-0.4, -0.2) is 21.0 Å². The molecule has 0 radical (unpaired) electrons. The zero-order valence-electron chi connectivity index (χ0n) is 9.40. The van der Waals surface area contributed by atoms with E-state index in [-0.39, 0.29) is 5.84 Å². The largest absolute Gasteiger partial charge is 0.384 e. The van der Waals surface area contributed by atoms with Gasteiger partial charge in [0.15, 0.2) is 5.16 Å². The molecule has 1 heterocycles. The molecule has 4 N–H and O–H groups in total. The number of nitrogen functional groups attached to an aromatic ring is 1. The van der Waals surface area contributed by atoms with E-state index in [1.807, 2.05) is 25.1 Å². The smallest absolute Gasteiger partial charge is 0.183 e. The van der Waals surface area contributed by atoms with Gasteiger partial charge < -0.3 is 5.73 Å². The number of nitrogens with two attached hydrogens (primary N) is 1. The minimum atomic E-state index is 0.0996. The maximum atomic E-state index is 7.37. The van der Waals surface area contributed by atoms with Crippen LogP contribution in [0.2, 0.25) is 0 Å². The summed E-state index contributed by atoms with van der Waals surface area (Å²) < 4.78 is 0. The van der Waals surface area contributed by atoms with E-state index in [1.54, 1.807) is 11.8 Å². The minimum Gasteiger partial charge on any atom is -0.384 e. The molecule has 0 saturated carbocycles. The number of aromatic nitrogens is 3. The van der Waals surface area contributed by atoms with Crippen LogP contribution in [0.3, 0.4) is 0 Å². The lowest BCUT2D eigenvalue weighted by Crippen LogP contribution is -2.11. The summed E-state index contributed by atoms with van der Waals surface area (Å²) in [5, 5.41) is 14.8. The highest BCUT2D eigenvalue weighted by molar-refractivity contribution is 7.98. The maximum absolute atomic E-state index is 7.37. The summed E-state index contributed by atoms with van der Waals surface area (Å²) in [5.74, 6) is 0.918. The normalized spacial score (nSPS) is 10.4. The summed E-state index contributed by atoms with van der Waals surface area (Å²) >= 11 is 1.59. The molecule has 0 spiro atoms. The lowest BCUT2D eigenvalue weighted by atomic mass is 10.1. The minimum absolute atomic E-state index is 0.0996. The molecular weight excluding hydrogens is 234 g/mol. The molecule has 1 aromatic heterocycles. The first kappa shape index (κ1) is 11.7. The van der Waals surface area contributed by atoms with E-state index in [0.29, 0.717) is 0 Å². The number of nitrogens with zero attached hydrogens (tertiary/aromatic N) is 2. The van der Waals surface area contributed by atoms with Crippen molar-refractivity contribution in [1.82, 2.24) is 15.2 Å². The lowest BCUT2D eigenvalue weighted by Gasteiger charge is -2.06. The number of rotatable bonds is 4. The third-order valence-corrected chi connectivity index (χ3v) is 3.34. The van der Waals surface area contributed by atoms with Crippen LogP contribution in [0.15, 0.2) is 29.7 Å². The van der Waals surface area contributed by atoms with Gasteiger partial charge in [-0.2, -0.15) is 5.10 Å². The second-order valence-electron chi connectivity index (χ2n) is 3.63. The van der Waals surface area contributed by atoms with Crippen molar-refractivity contribution in [2.75, 3.05) is 0 Å². The Morgan fingerprint density at radius 1 is 1.53 bits per heavy atom. The first-order chi connectivity index (χ1) is 8.16. The lowest BCUT2D eigenvalue weighted by molar-refractivity contribution is 0.972. The molecule has 0 amide bonds. The number of thioether (sulfide) groups is 1. The second-order valence-corrected chi connectivity index (χ2v) is 4.60. The molecule has 0 saturated heterocycles. The number of aromatic amines is 1. The topological polar surface area (TPSA) is 91.4 Å². The molecule has 2 rings (SSSR count). The third kappa shape index (κ3) is 2.85. The van der Waals surface area contributed by atoms with Crippen molar-refractivity contribution in [3.8, 4) is 0 Å². The van der Waals surface area contributed by atoms with Crippen LogP contribution in [0.25, 0.3) is 0 Å². The molecule has 0 fully saturated rings. The molecule has 2 aromatic rings. The summed E-state index contributed by atoms with van der Waals surface area (Å²) in [7, 11) is 0. The summed E-state index contributed by atoms with van der Waals surface area (Å²) in [5.41, 5.74) is 8.53. The molecule has 88 valence electrons. The average molecular weight is 247 g/mol. The first-order valence-corrected chi connectivity index (χ1v) is 6.07. The number of H-pyrrole nitrogens is 1. The molecule has 0 aliphatic heterocycles. The van der Waals surface area contributed by atoms with Gasteiger partial charge in [0, 0.05) is 11.3 Å². The molecule has 0 bridgehead atoms. The number of nitrogens with one attached hydrogen (secondary N) is 2. The van der Waals surface area contributed by atoms with Crippen molar-refractivity contribution < 1.29 is 0 Å². The number of aryl methyl sites for hydroxylation is 1. The van der Waals surface area contributed by atoms with Gasteiger partial charge >= 0.3 is 0 Å². The Morgan fingerprint density at radius 2 is 2.35 bits per heavy atom. The van der Waals surface area contributed by atoms with Crippen molar-refractivity contribution in [3.63, 3.8) is 0 Å². The average Bonchev–Trinajstić information content (AvgIpc) is 2.80. The predicted octanol–water partition coefficient (Wildman–Crippen LogP) is 1.69. The highest BCUT2D eigenvalue weighted by atomic mass is 32.2. The number of amidine groups is 1. The molecule has 5 nitrogen and oxygen atoms in total. The van der Waals surface area contributed by atoms with Gasteiger partial charge in [0.2, 0.25) is 0 Å². The quantitative estimate of drug-likeness (QED) is 0.435. The number of benzene rings is 1. The summed E-state index contributed by atoms with van der Waals surface area (Å²) in [6.07, 6.45) is 1.49. The van der Waals surface area contributed by atoms with E-state index in [2.05, 4.69) is 15.2 Å². The highest BCUT2D eigenvalue weighted by Crippen LogP contribution is 2.21. The molecule has 0 unspecified atom stereocenters. The fraction of sp³-hybridized carbons (Fsp3) is 0.182. The molecule has 17 heavy (non-hydrogen) atoms. The van der Waals surface area contributed by atoms with Crippen molar-refractivity contribution in [2.24, 2.45) is 5.73 Å². The van der Waals surface area contributed by atoms with Crippen LogP contribution in [0, 0.1) is 12.3 Å². The van der Waals surface area contributed by atoms with Crippen LogP contribution in [0.1, 0.15) is 16.7 Å².